The summed E-state index contributed by atoms with van der Waals surface area (Å²) in [5, 5.41) is 9.64. The molecule has 0 N–H and O–H groups in total. The predicted octanol–water partition coefficient (Wildman–Crippen LogP) is 5.54. The van der Waals surface area contributed by atoms with Gasteiger partial charge in [-0.15, -0.1) is 0 Å². The number of carbonyl (C=O) groups is 1. The molecule has 6 nitrogen and oxygen atoms in total. The molecule has 2 aliphatic carbocycles. The Labute approximate surface area is 189 Å². The van der Waals surface area contributed by atoms with Crippen molar-refractivity contribution in [2.24, 2.45) is 5.92 Å². The van der Waals surface area contributed by atoms with Gasteiger partial charge in [-0.3, -0.25) is 9.20 Å². The van der Waals surface area contributed by atoms with Crippen LogP contribution in [0.15, 0.2) is 36.7 Å². The van der Waals surface area contributed by atoms with Crippen molar-refractivity contribution in [3.05, 3.63) is 47.8 Å². The Balaban J connectivity index is 1.58. The largest absolute Gasteiger partial charge is 0.496 e. The third kappa shape index (κ3) is 3.82. The van der Waals surface area contributed by atoms with Crippen LogP contribution in [0, 0.1) is 17.2 Å². The van der Waals surface area contributed by atoms with Gasteiger partial charge in [0.25, 0.3) is 0 Å². The molecule has 2 heterocycles. The highest BCUT2D eigenvalue weighted by molar-refractivity contribution is 6.02. The number of pyridine rings is 1. The molecular weight excluding hydrogens is 428 g/mol. The second-order valence-corrected chi connectivity index (χ2v) is 8.84. The van der Waals surface area contributed by atoms with Gasteiger partial charge in [0.2, 0.25) is 0 Å². The summed E-state index contributed by atoms with van der Waals surface area (Å²) in [5.74, 6) is 0.0241. The van der Waals surface area contributed by atoms with Crippen molar-refractivity contribution >= 4 is 11.4 Å². The third-order valence-corrected chi connectivity index (χ3v) is 6.73. The van der Waals surface area contributed by atoms with E-state index in [2.05, 4.69) is 11.1 Å². The molecular formula is C25H23F2N3O3. The summed E-state index contributed by atoms with van der Waals surface area (Å²) < 4.78 is 38.4. The molecule has 2 aliphatic rings. The van der Waals surface area contributed by atoms with E-state index in [0.717, 1.165) is 37.7 Å². The summed E-state index contributed by atoms with van der Waals surface area (Å²) in [4.78, 5) is 17.3. The lowest BCUT2D eigenvalue weighted by Gasteiger charge is -2.35. The first kappa shape index (κ1) is 21.4. The number of carbonyl (C=O) groups excluding carboxylic acids is 1. The molecule has 2 saturated carbocycles. The number of rotatable bonds is 8. The Kier molecular flexibility index (Phi) is 5.28. The van der Waals surface area contributed by atoms with E-state index in [1.54, 1.807) is 12.3 Å². The third-order valence-electron chi connectivity index (χ3n) is 6.73. The smallest absolute Gasteiger partial charge is 0.387 e. The maximum atomic E-state index is 13.2. The van der Waals surface area contributed by atoms with Crippen molar-refractivity contribution in [2.45, 2.75) is 50.6 Å². The number of imidazole rings is 1. The Bertz CT molecular complexity index is 1270. The molecule has 0 atom stereocenters. The van der Waals surface area contributed by atoms with Gasteiger partial charge in [-0.1, -0.05) is 0 Å². The average Bonchev–Trinajstić information content (AvgIpc) is 3.47. The zero-order valence-electron chi connectivity index (χ0n) is 18.2. The van der Waals surface area contributed by atoms with Crippen molar-refractivity contribution in [3.63, 3.8) is 0 Å². The number of ether oxygens (including phenoxy) is 2. The quantitative estimate of drug-likeness (QED) is 0.420. The number of nitrogens with zero attached hydrogens (tertiary/aromatic N) is 3. The van der Waals surface area contributed by atoms with E-state index in [4.69, 9.17) is 9.47 Å². The molecule has 1 aromatic carbocycles. The lowest BCUT2D eigenvalue weighted by Crippen LogP contribution is -2.32. The van der Waals surface area contributed by atoms with E-state index in [9.17, 15) is 18.8 Å². The summed E-state index contributed by atoms with van der Waals surface area (Å²) in [6, 6.07) is 9.33. The van der Waals surface area contributed by atoms with Gasteiger partial charge in [0.1, 0.15) is 22.7 Å². The van der Waals surface area contributed by atoms with Crippen LogP contribution in [0.3, 0.4) is 0 Å². The van der Waals surface area contributed by atoms with E-state index in [1.165, 1.54) is 13.2 Å². The molecule has 2 aromatic heterocycles. The Morgan fingerprint density at radius 1 is 1.30 bits per heavy atom. The highest BCUT2D eigenvalue weighted by Gasteiger charge is 2.39. The van der Waals surface area contributed by atoms with Gasteiger partial charge in [-0.25, -0.2) is 4.98 Å². The van der Waals surface area contributed by atoms with Crippen LogP contribution >= 0.6 is 0 Å². The summed E-state index contributed by atoms with van der Waals surface area (Å²) in [6.45, 7) is -3.08. The Morgan fingerprint density at radius 3 is 2.67 bits per heavy atom. The molecule has 3 aromatic rings. The number of benzene rings is 1. The molecule has 0 saturated heterocycles. The number of methoxy groups -OCH3 is 1. The van der Waals surface area contributed by atoms with Gasteiger partial charge in [-0.05, 0) is 67.9 Å². The lowest BCUT2D eigenvalue weighted by atomic mass is 9.66. The Morgan fingerprint density at radius 2 is 2.06 bits per heavy atom. The van der Waals surface area contributed by atoms with Crippen LogP contribution in [-0.4, -0.2) is 28.9 Å². The first-order valence-corrected chi connectivity index (χ1v) is 11.0. The lowest BCUT2D eigenvalue weighted by molar-refractivity contribution is -0.0502. The van der Waals surface area contributed by atoms with Crippen molar-refractivity contribution in [2.75, 3.05) is 7.11 Å². The minimum atomic E-state index is -3.08. The van der Waals surface area contributed by atoms with E-state index in [1.807, 2.05) is 22.7 Å². The van der Waals surface area contributed by atoms with Crippen LogP contribution in [0.4, 0.5) is 8.78 Å². The van der Waals surface area contributed by atoms with Gasteiger partial charge in [-0.2, -0.15) is 14.0 Å². The fourth-order valence-corrected chi connectivity index (χ4v) is 4.54. The fourth-order valence-electron chi connectivity index (χ4n) is 4.54. The highest BCUT2D eigenvalue weighted by Crippen LogP contribution is 2.44. The average molecular weight is 451 g/mol. The molecule has 8 heteroatoms. The normalized spacial score (nSPS) is 16.9. The maximum Gasteiger partial charge on any atom is 0.387 e. The molecule has 2 fully saturated rings. The molecule has 0 bridgehead atoms. The van der Waals surface area contributed by atoms with Crippen LogP contribution < -0.4 is 9.47 Å². The Hall–Kier alpha value is -3.47. The zero-order chi connectivity index (χ0) is 23.2. The van der Waals surface area contributed by atoms with Crippen molar-refractivity contribution in [3.8, 4) is 28.8 Å². The monoisotopic (exact) mass is 451 g/mol. The summed E-state index contributed by atoms with van der Waals surface area (Å²) in [5.41, 5.74) is 2.33. The fraction of sp³-hybridized carbons (Fsp3) is 0.400. The van der Waals surface area contributed by atoms with Crippen LogP contribution in [0.25, 0.3) is 16.9 Å². The standard InChI is InChI=1S/C25H23F2N3O3/c1-32-20-10-16(11-21(33-24(26)27)23(20)19(31)9-15-3-4-15)18-13-29-22-12-17(5-8-30(18)22)25(14-28)6-2-7-25/h5,8,10-13,15,24H,2-4,6-7,9H2,1H3. The van der Waals surface area contributed by atoms with E-state index in [0.29, 0.717) is 22.8 Å². The number of halogens is 2. The van der Waals surface area contributed by atoms with E-state index in [-0.39, 0.29) is 29.3 Å². The molecule has 0 amide bonds. The minimum Gasteiger partial charge on any atom is -0.496 e. The van der Waals surface area contributed by atoms with Gasteiger partial charge in [0, 0.05) is 18.2 Å². The topological polar surface area (TPSA) is 76.6 Å². The van der Waals surface area contributed by atoms with Gasteiger partial charge in [0.15, 0.2) is 5.78 Å². The number of alkyl halides is 2. The molecule has 0 radical (unpaired) electrons. The molecule has 170 valence electrons. The maximum absolute atomic E-state index is 13.2. The number of aromatic nitrogens is 2. The van der Waals surface area contributed by atoms with Gasteiger partial charge in [0.05, 0.1) is 30.5 Å². The second-order valence-electron chi connectivity index (χ2n) is 8.84. The summed E-state index contributed by atoms with van der Waals surface area (Å²) in [7, 11) is 1.40. The zero-order valence-corrected chi connectivity index (χ0v) is 18.2. The van der Waals surface area contributed by atoms with Crippen LogP contribution in [0.2, 0.25) is 0 Å². The molecule has 0 spiro atoms. The number of nitriles is 1. The molecule has 5 rings (SSSR count). The number of fused-ring (bicyclic) bond motifs is 1. The first-order valence-electron chi connectivity index (χ1n) is 11.0. The van der Waals surface area contributed by atoms with Crippen molar-refractivity contribution in [1.29, 1.82) is 5.26 Å². The van der Waals surface area contributed by atoms with Crippen LogP contribution in [0.1, 0.15) is 54.4 Å². The second kappa shape index (κ2) is 8.14. The van der Waals surface area contributed by atoms with E-state index < -0.39 is 12.0 Å². The number of Topliss-reactive ketones (excluding diaryl/α,β-unsaturated/α-hetero) is 1. The molecule has 0 aliphatic heterocycles. The molecule has 0 unspecified atom stereocenters. The predicted molar refractivity (Wildman–Crippen MR) is 117 cm³/mol. The highest BCUT2D eigenvalue weighted by atomic mass is 19.3. The summed E-state index contributed by atoms with van der Waals surface area (Å²) >= 11 is 0. The SMILES string of the molecule is COc1cc(-c2cnc3cc(C4(C#N)CCC4)ccn23)cc(OC(F)F)c1C(=O)CC1CC1. The minimum absolute atomic E-state index is 0.0468. The van der Waals surface area contributed by atoms with Crippen molar-refractivity contribution < 1.29 is 23.0 Å². The van der Waals surface area contributed by atoms with E-state index >= 15 is 0 Å². The first-order chi connectivity index (χ1) is 15.9. The number of hydrogen-bond donors (Lipinski definition) is 0. The van der Waals surface area contributed by atoms with Crippen LogP contribution in [0.5, 0.6) is 11.5 Å². The van der Waals surface area contributed by atoms with Crippen LogP contribution in [-0.2, 0) is 5.41 Å². The number of ketones is 1. The van der Waals surface area contributed by atoms with Gasteiger partial charge >= 0.3 is 6.61 Å². The van der Waals surface area contributed by atoms with Crippen molar-refractivity contribution in [1.82, 2.24) is 9.38 Å². The number of hydrogen-bond acceptors (Lipinski definition) is 5. The van der Waals surface area contributed by atoms with Gasteiger partial charge < -0.3 is 9.47 Å². The summed E-state index contributed by atoms with van der Waals surface area (Å²) in [6.07, 6.45) is 8.36. The molecule has 33 heavy (non-hydrogen) atoms.